The van der Waals surface area contributed by atoms with Gasteiger partial charge in [0, 0.05) is 13.1 Å². The maximum Gasteiger partial charge on any atom is 0.0786 e. The molecule has 0 amide bonds. The minimum Gasteiger partial charge on any atom is -0.390 e. The van der Waals surface area contributed by atoms with E-state index in [1.54, 1.807) is 0 Å². The Morgan fingerprint density at radius 2 is 1.89 bits per heavy atom. The van der Waals surface area contributed by atoms with Crippen molar-refractivity contribution in [3.05, 3.63) is 48.0 Å². The van der Waals surface area contributed by atoms with E-state index in [2.05, 4.69) is 47.8 Å². The van der Waals surface area contributed by atoms with Crippen molar-refractivity contribution in [2.75, 3.05) is 19.6 Å². The first-order valence-corrected chi connectivity index (χ1v) is 6.36. The fourth-order valence-electron chi connectivity index (χ4n) is 1.98. The summed E-state index contributed by atoms with van der Waals surface area (Å²) in [7, 11) is 0. The topological polar surface area (TPSA) is 58.3 Å². The van der Waals surface area contributed by atoms with Crippen molar-refractivity contribution in [2.24, 2.45) is 5.73 Å². The minimum atomic E-state index is -0.443. The highest BCUT2D eigenvalue weighted by molar-refractivity contribution is 5.82. The van der Waals surface area contributed by atoms with E-state index in [0.29, 0.717) is 13.1 Å². The zero-order valence-corrected chi connectivity index (χ0v) is 10.5. The third kappa shape index (κ3) is 3.53. The third-order valence-electron chi connectivity index (χ3n) is 3.06. The lowest BCUT2D eigenvalue weighted by molar-refractivity contribution is 0.180. The highest BCUT2D eigenvalue weighted by Gasteiger charge is 2.00. The maximum absolute atomic E-state index is 9.31. The molecule has 0 spiro atoms. The zero-order chi connectivity index (χ0) is 12.8. The Balaban J connectivity index is 1.88. The van der Waals surface area contributed by atoms with Crippen molar-refractivity contribution in [1.29, 1.82) is 0 Å². The van der Waals surface area contributed by atoms with Gasteiger partial charge < -0.3 is 16.2 Å². The van der Waals surface area contributed by atoms with Crippen molar-refractivity contribution in [1.82, 2.24) is 5.32 Å². The SMILES string of the molecule is NCC(O)CNCCc1ccc2ccccc2c1. The summed E-state index contributed by atoms with van der Waals surface area (Å²) in [4.78, 5) is 0. The van der Waals surface area contributed by atoms with Gasteiger partial charge in [-0.25, -0.2) is 0 Å². The van der Waals surface area contributed by atoms with E-state index in [1.165, 1.54) is 16.3 Å². The predicted octanol–water partition coefficient (Wildman–Crippen LogP) is 1.29. The standard InChI is InChI=1S/C15H20N2O/c16-10-15(18)11-17-8-7-12-5-6-13-3-1-2-4-14(13)9-12/h1-6,9,15,17-18H,7-8,10-11,16H2. The Morgan fingerprint density at radius 1 is 1.11 bits per heavy atom. The summed E-state index contributed by atoms with van der Waals surface area (Å²) in [5.41, 5.74) is 6.65. The molecule has 3 heteroatoms. The first-order chi connectivity index (χ1) is 8.79. The lowest BCUT2D eigenvalue weighted by Gasteiger charge is -2.09. The first-order valence-electron chi connectivity index (χ1n) is 6.36. The number of hydrogen-bond acceptors (Lipinski definition) is 3. The molecule has 0 saturated carbocycles. The van der Waals surface area contributed by atoms with Crippen LogP contribution in [0.25, 0.3) is 10.8 Å². The Morgan fingerprint density at radius 3 is 2.67 bits per heavy atom. The summed E-state index contributed by atoms with van der Waals surface area (Å²) in [6, 6.07) is 14.9. The number of aliphatic hydroxyl groups excluding tert-OH is 1. The van der Waals surface area contributed by atoms with Gasteiger partial charge in [0.25, 0.3) is 0 Å². The molecule has 3 nitrogen and oxygen atoms in total. The van der Waals surface area contributed by atoms with Gasteiger partial charge in [0.15, 0.2) is 0 Å². The molecule has 0 aliphatic heterocycles. The molecule has 0 bridgehead atoms. The summed E-state index contributed by atoms with van der Waals surface area (Å²) in [5.74, 6) is 0. The Bertz CT molecular complexity index is 499. The van der Waals surface area contributed by atoms with Gasteiger partial charge in [-0.2, -0.15) is 0 Å². The summed E-state index contributed by atoms with van der Waals surface area (Å²) >= 11 is 0. The molecule has 18 heavy (non-hydrogen) atoms. The fraction of sp³-hybridized carbons (Fsp3) is 0.333. The number of rotatable bonds is 6. The number of aliphatic hydroxyl groups is 1. The molecule has 2 aromatic rings. The molecule has 0 aliphatic carbocycles. The number of benzene rings is 2. The van der Waals surface area contributed by atoms with Crippen LogP contribution in [0, 0.1) is 0 Å². The van der Waals surface area contributed by atoms with Crippen molar-refractivity contribution < 1.29 is 5.11 Å². The molecular weight excluding hydrogens is 224 g/mol. The smallest absolute Gasteiger partial charge is 0.0786 e. The van der Waals surface area contributed by atoms with Gasteiger partial charge in [-0.3, -0.25) is 0 Å². The summed E-state index contributed by atoms with van der Waals surface area (Å²) < 4.78 is 0. The van der Waals surface area contributed by atoms with Gasteiger partial charge in [0.1, 0.15) is 0 Å². The quantitative estimate of drug-likeness (QED) is 0.671. The van der Waals surface area contributed by atoms with Crippen LogP contribution in [-0.4, -0.2) is 30.8 Å². The van der Waals surface area contributed by atoms with E-state index in [4.69, 9.17) is 5.73 Å². The summed E-state index contributed by atoms with van der Waals surface area (Å²) in [5, 5.41) is 15.1. The van der Waals surface area contributed by atoms with E-state index in [1.807, 2.05) is 0 Å². The van der Waals surface area contributed by atoms with Crippen LogP contribution in [0.4, 0.5) is 0 Å². The van der Waals surface area contributed by atoms with Crippen LogP contribution >= 0.6 is 0 Å². The number of nitrogens with two attached hydrogens (primary N) is 1. The van der Waals surface area contributed by atoms with Gasteiger partial charge >= 0.3 is 0 Å². The Labute approximate surface area is 108 Å². The number of nitrogens with one attached hydrogen (secondary N) is 1. The molecule has 1 atom stereocenters. The number of fused-ring (bicyclic) bond motifs is 1. The lowest BCUT2D eigenvalue weighted by atomic mass is 10.1. The molecule has 0 radical (unpaired) electrons. The largest absolute Gasteiger partial charge is 0.390 e. The van der Waals surface area contributed by atoms with Gasteiger partial charge in [-0.05, 0) is 29.3 Å². The summed E-state index contributed by atoms with van der Waals surface area (Å²) in [6.07, 6.45) is 0.517. The van der Waals surface area contributed by atoms with E-state index in [0.717, 1.165) is 13.0 Å². The van der Waals surface area contributed by atoms with Crippen molar-refractivity contribution in [2.45, 2.75) is 12.5 Å². The molecule has 2 rings (SSSR count). The Hall–Kier alpha value is -1.42. The van der Waals surface area contributed by atoms with Crippen LogP contribution in [-0.2, 0) is 6.42 Å². The molecule has 1 unspecified atom stereocenters. The molecule has 4 N–H and O–H groups in total. The second-order valence-electron chi connectivity index (χ2n) is 4.53. The Kier molecular flexibility index (Phi) is 4.70. The normalized spacial score (nSPS) is 12.8. The van der Waals surface area contributed by atoms with Crippen LogP contribution in [0.1, 0.15) is 5.56 Å². The maximum atomic E-state index is 9.31. The van der Waals surface area contributed by atoms with Crippen LogP contribution < -0.4 is 11.1 Å². The minimum absolute atomic E-state index is 0.309. The van der Waals surface area contributed by atoms with Gasteiger partial charge in [-0.15, -0.1) is 0 Å². The van der Waals surface area contributed by atoms with Crippen LogP contribution in [0.2, 0.25) is 0 Å². The van der Waals surface area contributed by atoms with Gasteiger partial charge in [0.2, 0.25) is 0 Å². The molecule has 0 aliphatic rings. The monoisotopic (exact) mass is 244 g/mol. The highest BCUT2D eigenvalue weighted by atomic mass is 16.3. The highest BCUT2D eigenvalue weighted by Crippen LogP contribution is 2.15. The second-order valence-corrected chi connectivity index (χ2v) is 4.53. The van der Waals surface area contributed by atoms with E-state index >= 15 is 0 Å². The molecule has 0 saturated heterocycles. The number of hydrogen-bond donors (Lipinski definition) is 3. The van der Waals surface area contributed by atoms with Crippen LogP contribution in [0.5, 0.6) is 0 Å². The molecule has 0 fully saturated rings. The third-order valence-corrected chi connectivity index (χ3v) is 3.06. The van der Waals surface area contributed by atoms with E-state index in [-0.39, 0.29) is 0 Å². The lowest BCUT2D eigenvalue weighted by Crippen LogP contribution is -2.33. The van der Waals surface area contributed by atoms with Crippen LogP contribution in [0.15, 0.2) is 42.5 Å². The van der Waals surface area contributed by atoms with Crippen molar-refractivity contribution in [3.63, 3.8) is 0 Å². The molecular formula is C15H20N2O. The molecule has 2 aromatic carbocycles. The average molecular weight is 244 g/mol. The van der Waals surface area contributed by atoms with Gasteiger partial charge in [0.05, 0.1) is 6.10 Å². The van der Waals surface area contributed by atoms with Gasteiger partial charge in [-0.1, -0.05) is 42.5 Å². The molecule has 96 valence electrons. The summed E-state index contributed by atoms with van der Waals surface area (Å²) in [6.45, 7) is 1.72. The average Bonchev–Trinajstić information content (AvgIpc) is 2.43. The first kappa shape index (κ1) is 13.0. The van der Waals surface area contributed by atoms with Crippen molar-refractivity contribution >= 4 is 10.8 Å². The van der Waals surface area contributed by atoms with Crippen molar-refractivity contribution in [3.8, 4) is 0 Å². The fourth-order valence-corrected chi connectivity index (χ4v) is 1.98. The molecule has 0 heterocycles. The second kappa shape index (κ2) is 6.50. The van der Waals surface area contributed by atoms with Crippen LogP contribution in [0.3, 0.4) is 0 Å². The predicted molar refractivity (Wildman–Crippen MR) is 75.6 cm³/mol. The van der Waals surface area contributed by atoms with E-state index < -0.39 is 6.10 Å². The zero-order valence-electron chi connectivity index (χ0n) is 10.5. The van der Waals surface area contributed by atoms with E-state index in [9.17, 15) is 5.11 Å². The molecule has 0 aromatic heterocycles.